The van der Waals surface area contributed by atoms with Gasteiger partial charge in [0.1, 0.15) is 12.1 Å². The molecule has 1 heterocycles. The molecule has 140 valence electrons. The molecular formula is C19H20N4O4. The summed E-state index contributed by atoms with van der Waals surface area (Å²) >= 11 is 0. The van der Waals surface area contributed by atoms with Crippen molar-refractivity contribution in [3.63, 3.8) is 0 Å². The summed E-state index contributed by atoms with van der Waals surface area (Å²) in [7, 11) is 0. The van der Waals surface area contributed by atoms with Gasteiger partial charge in [0.15, 0.2) is 0 Å². The highest BCUT2D eigenvalue weighted by molar-refractivity contribution is 6.11. The Labute approximate surface area is 155 Å². The lowest BCUT2D eigenvalue weighted by Gasteiger charge is -2.24. The van der Waals surface area contributed by atoms with Gasteiger partial charge in [-0.3, -0.25) is 19.8 Å². The summed E-state index contributed by atoms with van der Waals surface area (Å²) in [4.78, 5) is 49.6. The summed E-state index contributed by atoms with van der Waals surface area (Å²) in [6, 6.07) is 11.7. The highest BCUT2D eigenvalue weighted by Crippen LogP contribution is 2.33. The van der Waals surface area contributed by atoms with Crippen molar-refractivity contribution < 1.29 is 19.2 Å². The van der Waals surface area contributed by atoms with E-state index in [0.29, 0.717) is 12.1 Å². The van der Waals surface area contributed by atoms with Crippen LogP contribution in [0, 0.1) is 0 Å². The van der Waals surface area contributed by atoms with E-state index in [4.69, 9.17) is 0 Å². The molecule has 0 saturated carbocycles. The fourth-order valence-corrected chi connectivity index (χ4v) is 3.20. The molecular weight excluding hydrogens is 348 g/mol. The maximum Gasteiger partial charge on any atom is 0.325 e. The molecule has 1 aliphatic heterocycles. The summed E-state index contributed by atoms with van der Waals surface area (Å²) < 4.78 is 0. The third-order valence-electron chi connectivity index (χ3n) is 4.50. The van der Waals surface area contributed by atoms with E-state index in [9.17, 15) is 19.2 Å². The number of nitrogens with one attached hydrogen (secondary N) is 3. The summed E-state index contributed by atoms with van der Waals surface area (Å²) in [6.07, 6.45) is 0. The lowest BCUT2D eigenvalue weighted by molar-refractivity contribution is -0.134. The summed E-state index contributed by atoms with van der Waals surface area (Å²) in [5.41, 5.74) is -0.658. The van der Waals surface area contributed by atoms with E-state index in [1.165, 1.54) is 0 Å². The van der Waals surface area contributed by atoms with E-state index in [0.717, 1.165) is 15.7 Å². The minimum absolute atomic E-state index is 0.349. The third-order valence-corrected chi connectivity index (χ3v) is 4.50. The minimum Gasteiger partial charge on any atom is -0.338 e. The fourth-order valence-electron chi connectivity index (χ4n) is 3.20. The molecule has 6 amide bonds. The number of hydrogen-bond donors (Lipinski definition) is 3. The Bertz CT molecular complexity index is 937. The van der Waals surface area contributed by atoms with Crippen LogP contribution in [0.1, 0.15) is 19.4 Å². The van der Waals surface area contributed by atoms with Gasteiger partial charge in [-0.15, -0.1) is 0 Å². The molecule has 0 unspecified atom stereocenters. The van der Waals surface area contributed by atoms with Gasteiger partial charge in [0.05, 0.1) is 0 Å². The normalized spacial score (nSPS) is 19.1. The molecule has 2 aromatic rings. The van der Waals surface area contributed by atoms with Crippen molar-refractivity contribution in [3.8, 4) is 0 Å². The standard InChI is InChI=1S/C19H20N4O4/c1-3-20-17(26)21-15(24)11-23-16(25)19(2,22-18(23)27)14-10-6-8-12-7-4-5-9-13(12)14/h4-10H,3,11H2,1-2H3,(H,22,27)(H2,20,21,24,26)/t19-/m1/s1. The molecule has 1 saturated heterocycles. The second-order valence-electron chi connectivity index (χ2n) is 6.38. The van der Waals surface area contributed by atoms with Crippen LogP contribution in [-0.4, -0.2) is 41.9 Å². The van der Waals surface area contributed by atoms with Crippen molar-refractivity contribution in [1.29, 1.82) is 0 Å². The molecule has 0 radical (unpaired) electrons. The van der Waals surface area contributed by atoms with E-state index in [1.54, 1.807) is 19.9 Å². The monoisotopic (exact) mass is 368 g/mol. The Morgan fingerprint density at radius 3 is 2.56 bits per heavy atom. The SMILES string of the molecule is CCNC(=O)NC(=O)CN1C(=O)N[C@](C)(c2cccc3ccccc23)C1=O. The van der Waals surface area contributed by atoms with Gasteiger partial charge >= 0.3 is 12.1 Å². The molecule has 8 heteroatoms. The summed E-state index contributed by atoms with van der Waals surface area (Å²) in [5.74, 6) is -1.29. The average molecular weight is 368 g/mol. The first-order chi connectivity index (χ1) is 12.9. The van der Waals surface area contributed by atoms with E-state index in [1.807, 2.05) is 36.4 Å². The van der Waals surface area contributed by atoms with Gasteiger partial charge in [-0.2, -0.15) is 0 Å². The predicted octanol–water partition coefficient (Wildman–Crippen LogP) is 1.45. The number of carbonyl (C=O) groups is 4. The first-order valence-corrected chi connectivity index (χ1v) is 8.57. The maximum absolute atomic E-state index is 13.0. The van der Waals surface area contributed by atoms with Crippen LogP contribution in [0.15, 0.2) is 42.5 Å². The molecule has 1 fully saturated rings. The zero-order chi connectivity index (χ0) is 19.6. The molecule has 0 spiro atoms. The Kier molecular flexibility index (Phi) is 4.81. The Balaban J connectivity index is 1.86. The number of nitrogens with zero attached hydrogens (tertiary/aromatic N) is 1. The Morgan fingerprint density at radius 1 is 1.11 bits per heavy atom. The zero-order valence-electron chi connectivity index (χ0n) is 15.0. The lowest BCUT2D eigenvalue weighted by Crippen LogP contribution is -2.46. The van der Waals surface area contributed by atoms with Crippen LogP contribution in [0.25, 0.3) is 10.8 Å². The van der Waals surface area contributed by atoms with Gasteiger partial charge in [-0.05, 0) is 30.2 Å². The first-order valence-electron chi connectivity index (χ1n) is 8.57. The minimum atomic E-state index is -1.30. The topological polar surface area (TPSA) is 108 Å². The molecule has 1 aliphatic rings. The number of hydrogen-bond acceptors (Lipinski definition) is 4. The quantitative estimate of drug-likeness (QED) is 0.710. The van der Waals surface area contributed by atoms with Gasteiger partial charge in [0.2, 0.25) is 5.91 Å². The van der Waals surface area contributed by atoms with Gasteiger partial charge in [-0.1, -0.05) is 42.5 Å². The Morgan fingerprint density at radius 2 is 1.81 bits per heavy atom. The van der Waals surface area contributed by atoms with Gasteiger partial charge in [0.25, 0.3) is 5.91 Å². The molecule has 27 heavy (non-hydrogen) atoms. The van der Waals surface area contributed by atoms with Gasteiger partial charge < -0.3 is 10.6 Å². The molecule has 8 nitrogen and oxygen atoms in total. The van der Waals surface area contributed by atoms with E-state index < -0.39 is 36.0 Å². The van der Waals surface area contributed by atoms with Crippen LogP contribution in [-0.2, 0) is 15.1 Å². The molecule has 3 rings (SSSR count). The number of carbonyl (C=O) groups excluding carboxylic acids is 4. The lowest BCUT2D eigenvalue weighted by atomic mass is 9.88. The number of amides is 6. The molecule has 0 bridgehead atoms. The van der Waals surface area contributed by atoms with Gasteiger partial charge in [-0.25, -0.2) is 9.59 Å². The molecule has 1 atom stereocenters. The van der Waals surface area contributed by atoms with Crippen LogP contribution in [0.3, 0.4) is 0 Å². The van der Waals surface area contributed by atoms with E-state index >= 15 is 0 Å². The largest absolute Gasteiger partial charge is 0.338 e. The second-order valence-corrected chi connectivity index (χ2v) is 6.38. The van der Waals surface area contributed by atoms with Gasteiger partial charge in [0, 0.05) is 6.54 Å². The van der Waals surface area contributed by atoms with Crippen LogP contribution in [0.4, 0.5) is 9.59 Å². The first kappa shape index (κ1) is 18.4. The number of rotatable bonds is 4. The van der Waals surface area contributed by atoms with Crippen LogP contribution in [0.2, 0.25) is 0 Å². The highest BCUT2D eigenvalue weighted by Gasteiger charge is 2.50. The number of urea groups is 2. The Hall–Kier alpha value is -3.42. The van der Waals surface area contributed by atoms with Crippen molar-refractivity contribution in [2.24, 2.45) is 0 Å². The van der Waals surface area contributed by atoms with E-state index in [2.05, 4.69) is 16.0 Å². The zero-order valence-corrected chi connectivity index (χ0v) is 15.0. The molecule has 0 aromatic heterocycles. The molecule has 2 aromatic carbocycles. The van der Waals surface area contributed by atoms with Crippen LogP contribution >= 0.6 is 0 Å². The smallest absolute Gasteiger partial charge is 0.325 e. The average Bonchev–Trinajstić information content (AvgIpc) is 2.85. The van der Waals surface area contributed by atoms with Crippen molar-refractivity contribution in [2.75, 3.05) is 13.1 Å². The highest BCUT2D eigenvalue weighted by atomic mass is 16.2. The second kappa shape index (κ2) is 7.06. The van der Waals surface area contributed by atoms with Crippen molar-refractivity contribution in [3.05, 3.63) is 48.0 Å². The molecule has 3 N–H and O–H groups in total. The third kappa shape index (κ3) is 3.33. The van der Waals surface area contributed by atoms with Crippen LogP contribution < -0.4 is 16.0 Å². The van der Waals surface area contributed by atoms with E-state index in [-0.39, 0.29) is 0 Å². The van der Waals surface area contributed by atoms with Crippen LogP contribution in [0.5, 0.6) is 0 Å². The fraction of sp³-hybridized carbons (Fsp3) is 0.263. The number of imide groups is 2. The predicted molar refractivity (Wildman–Crippen MR) is 98.8 cm³/mol. The maximum atomic E-state index is 13.0. The number of benzene rings is 2. The van der Waals surface area contributed by atoms with Crippen molar-refractivity contribution in [2.45, 2.75) is 19.4 Å². The molecule has 0 aliphatic carbocycles. The summed E-state index contributed by atoms with van der Waals surface area (Å²) in [5, 5.41) is 8.95. The van der Waals surface area contributed by atoms with Crippen molar-refractivity contribution >= 4 is 34.6 Å². The number of fused-ring (bicyclic) bond motifs is 1. The summed E-state index contributed by atoms with van der Waals surface area (Å²) in [6.45, 7) is 3.12. The van der Waals surface area contributed by atoms with Crippen molar-refractivity contribution in [1.82, 2.24) is 20.9 Å².